The van der Waals surface area contributed by atoms with Crippen molar-refractivity contribution in [3.8, 4) is 0 Å². The Labute approximate surface area is 82.6 Å². The number of aliphatic hydroxyl groups is 5. The topological polar surface area (TPSA) is 127 Å². The highest BCUT2D eigenvalue weighted by molar-refractivity contribution is 4.82. The molecule has 0 saturated heterocycles. The summed E-state index contributed by atoms with van der Waals surface area (Å²) in [4.78, 5) is 0. The van der Waals surface area contributed by atoms with Crippen molar-refractivity contribution in [1.82, 2.24) is 0 Å². The van der Waals surface area contributed by atoms with Gasteiger partial charge in [0.2, 0.25) is 0 Å². The molecular formula is C8H19NO5. The van der Waals surface area contributed by atoms with Crippen molar-refractivity contribution >= 4 is 0 Å². The zero-order chi connectivity index (χ0) is 11.3. The minimum absolute atomic E-state index is 0.0415. The second-order valence-corrected chi connectivity index (χ2v) is 3.39. The summed E-state index contributed by atoms with van der Waals surface area (Å²) in [7, 11) is 0. The average Bonchev–Trinajstić information content (AvgIpc) is 2.23. The summed E-state index contributed by atoms with van der Waals surface area (Å²) in [5.74, 6) is -0.670. The molecule has 0 spiro atoms. The van der Waals surface area contributed by atoms with Crippen LogP contribution in [0, 0.1) is 5.92 Å². The van der Waals surface area contributed by atoms with Crippen molar-refractivity contribution in [2.45, 2.75) is 31.3 Å². The minimum Gasteiger partial charge on any atom is -0.394 e. The Kier molecular flexibility index (Phi) is 6.17. The number of hydrogen-bond donors (Lipinski definition) is 6. The van der Waals surface area contributed by atoms with Gasteiger partial charge in [-0.15, -0.1) is 0 Å². The van der Waals surface area contributed by atoms with E-state index in [1.54, 1.807) is 0 Å². The Morgan fingerprint density at radius 3 is 1.86 bits per heavy atom. The fourth-order valence-corrected chi connectivity index (χ4v) is 1.09. The minimum atomic E-state index is -1.49. The maximum absolute atomic E-state index is 9.45. The standard InChI is InChI=1S/C8H19NO5/c1-4(5(11)2-9)7(13)8(14)6(12)3-10/h4-8,10-14H,2-3,9H2,1H3/t4?,5-,6+,7+,8+/m0/s1. The van der Waals surface area contributed by atoms with E-state index in [1.807, 2.05) is 0 Å². The van der Waals surface area contributed by atoms with Crippen LogP contribution in [0.2, 0.25) is 0 Å². The van der Waals surface area contributed by atoms with Gasteiger partial charge in [0.1, 0.15) is 12.2 Å². The van der Waals surface area contributed by atoms with Gasteiger partial charge in [0.25, 0.3) is 0 Å². The van der Waals surface area contributed by atoms with Gasteiger partial charge in [0.15, 0.2) is 0 Å². The molecule has 0 aromatic carbocycles. The molecule has 1 unspecified atom stereocenters. The van der Waals surface area contributed by atoms with Crippen LogP contribution < -0.4 is 5.73 Å². The zero-order valence-electron chi connectivity index (χ0n) is 8.11. The van der Waals surface area contributed by atoms with Crippen LogP contribution in [0.25, 0.3) is 0 Å². The summed E-state index contributed by atoms with van der Waals surface area (Å²) < 4.78 is 0. The lowest BCUT2D eigenvalue weighted by atomic mass is 9.92. The first-order valence-corrected chi connectivity index (χ1v) is 4.48. The molecule has 0 heterocycles. The van der Waals surface area contributed by atoms with E-state index in [4.69, 9.17) is 15.9 Å². The first kappa shape index (κ1) is 13.8. The summed E-state index contributed by atoms with van der Waals surface area (Å²) in [5, 5.41) is 45.6. The normalized spacial score (nSPS) is 22.5. The quantitative estimate of drug-likeness (QED) is 0.277. The van der Waals surface area contributed by atoms with Gasteiger partial charge in [0.05, 0.1) is 18.8 Å². The van der Waals surface area contributed by atoms with E-state index < -0.39 is 36.9 Å². The molecule has 0 saturated carbocycles. The third-order valence-electron chi connectivity index (χ3n) is 2.32. The smallest absolute Gasteiger partial charge is 0.108 e. The van der Waals surface area contributed by atoms with Crippen molar-refractivity contribution < 1.29 is 25.5 Å². The monoisotopic (exact) mass is 209 g/mol. The number of rotatable bonds is 6. The molecular weight excluding hydrogens is 190 g/mol. The SMILES string of the molecule is CC([C@@H](O)[C@H](O)[C@H](O)CO)[C@@H](O)CN. The maximum Gasteiger partial charge on any atom is 0.108 e. The lowest BCUT2D eigenvalue weighted by Gasteiger charge is -2.28. The zero-order valence-corrected chi connectivity index (χ0v) is 8.11. The van der Waals surface area contributed by atoms with E-state index in [1.165, 1.54) is 6.92 Å². The fraction of sp³-hybridized carbons (Fsp3) is 1.00. The highest BCUT2D eigenvalue weighted by Gasteiger charge is 2.31. The molecule has 5 atom stereocenters. The van der Waals surface area contributed by atoms with Gasteiger partial charge < -0.3 is 31.3 Å². The average molecular weight is 209 g/mol. The Morgan fingerprint density at radius 1 is 1.00 bits per heavy atom. The van der Waals surface area contributed by atoms with E-state index in [0.717, 1.165) is 0 Å². The first-order chi connectivity index (χ1) is 6.45. The first-order valence-electron chi connectivity index (χ1n) is 4.48. The number of nitrogens with two attached hydrogens (primary N) is 1. The van der Waals surface area contributed by atoms with Gasteiger partial charge in [-0.1, -0.05) is 6.92 Å². The van der Waals surface area contributed by atoms with Gasteiger partial charge in [-0.25, -0.2) is 0 Å². The van der Waals surface area contributed by atoms with Crippen LogP contribution in [0.15, 0.2) is 0 Å². The molecule has 6 nitrogen and oxygen atoms in total. The lowest BCUT2D eigenvalue weighted by Crippen LogP contribution is -2.47. The third kappa shape index (κ3) is 3.49. The molecule has 14 heavy (non-hydrogen) atoms. The van der Waals surface area contributed by atoms with Crippen molar-refractivity contribution in [2.75, 3.05) is 13.2 Å². The summed E-state index contributed by atoms with van der Waals surface area (Å²) in [6.45, 7) is 0.805. The summed E-state index contributed by atoms with van der Waals surface area (Å²) in [6, 6.07) is 0. The van der Waals surface area contributed by atoms with Crippen molar-refractivity contribution in [1.29, 1.82) is 0 Å². The number of aliphatic hydroxyl groups excluding tert-OH is 5. The highest BCUT2D eigenvalue weighted by atomic mass is 16.4. The van der Waals surface area contributed by atoms with Crippen LogP contribution >= 0.6 is 0 Å². The molecule has 0 aromatic rings. The predicted octanol–water partition coefficient (Wildman–Crippen LogP) is -2.98. The molecule has 0 aromatic heterocycles. The molecule has 0 aliphatic rings. The van der Waals surface area contributed by atoms with E-state index >= 15 is 0 Å². The second kappa shape index (κ2) is 6.28. The largest absolute Gasteiger partial charge is 0.394 e. The van der Waals surface area contributed by atoms with Gasteiger partial charge >= 0.3 is 0 Å². The Balaban J connectivity index is 4.22. The molecule has 0 rings (SSSR count). The summed E-state index contributed by atoms with van der Waals surface area (Å²) >= 11 is 0. The Hall–Kier alpha value is -0.240. The van der Waals surface area contributed by atoms with Crippen molar-refractivity contribution in [2.24, 2.45) is 11.7 Å². The molecule has 86 valence electrons. The van der Waals surface area contributed by atoms with Crippen LogP contribution in [0.4, 0.5) is 0 Å². The van der Waals surface area contributed by atoms with Crippen molar-refractivity contribution in [3.63, 3.8) is 0 Å². The van der Waals surface area contributed by atoms with Gasteiger partial charge in [-0.2, -0.15) is 0 Å². The van der Waals surface area contributed by atoms with Crippen molar-refractivity contribution in [3.05, 3.63) is 0 Å². The molecule has 0 aliphatic heterocycles. The van der Waals surface area contributed by atoms with Gasteiger partial charge in [0, 0.05) is 12.5 Å². The molecule has 0 aliphatic carbocycles. The molecule has 0 amide bonds. The van der Waals surface area contributed by atoms with E-state index in [-0.39, 0.29) is 6.54 Å². The molecule has 6 heteroatoms. The van der Waals surface area contributed by atoms with Gasteiger partial charge in [-0.3, -0.25) is 0 Å². The Morgan fingerprint density at radius 2 is 1.50 bits per heavy atom. The highest BCUT2D eigenvalue weighted by Crippen LogP contribution is 2.13. The summed E-state index contributed by atoms with van der Waals surface area (Å²) in [6.07, 6.45) is -5.19. The van der Waals surface area contributed by atoms with Crippen LogP contribution in [-0.4, -0.2) is 63.1 Å². The molecule has 7 N–H and O–H groups in total. The fourth-order valence-electron chi connectivity index (χ4n) is 1.09. The molecule has 0 bridgehead atoms. The lowest BCUT2D eigenvalue weighted by molar-refractivity contribution is -0.108. The van der Waals surface area contributed by atoms with E-state index in [0.29, 0.717) is 0 Å². The van der Waals surface area contributed by atoms with Crippen LogP contribution in [-0.2, 0) is 0 Å². The predicted molar refractivity (Wildman–Crippen MR) is 49.3 cm³/mol. The molecule has 0 radical (unpaired) electrons. The van der Waals surface area contributed by atoms with Crippen LogP contribution in [0.1, 0.15) is 6.92 Å². The van der Waals surface area contributed by atoms with E-state index in [2.05, 4.69) is 0 Å². The maximum atomic E-state index is 9.45. The Bertz CT molecular complexity index is 141. The van der Waals surface area contributed by atoms with Crippen LogP contribution in [0.5, 0.6) is 0 Å². The van der Waals surface area contributed by atoms with Crippen LogP contribution in [0.3, 0.4) is 0 Å². The third-order valence-corrected chi connectivity index (χ3v) is 2.32. The summed E-state index contributed by atoms with van der Waals surface area (Å²) in [5.41, 5.74) is 5.16. The molecule has 0 fully saturated rings. The number of hydrogen-bond acceptors (Lipinski definition) is 6. The second-order valence-electron chi connectivity index (χ2n) is 3.39. The van der Waals surface area contributed by atoms with E-state index in [9.17, 15) is 15.3 Å². The van der Waals surface area contributed by atoms with Gasteiger partial charge in [-0.05, 0) is 0 Å².